The Morgan fingerprint density at radius 1 is 1.35 bits per heavy atom. The Balaban J connectivity index is 2.36. The second-order valence-corrected chi connectivity index (χ2v) is 5.63. The number of ether oxygens (including phenoxy) is 1. The lowest BCUT2D eigenvalue weighted by molar-refractivity contribution is -0.0219. The zero-order chi connectivity index (χ0) is 12.6. The van der Waals surface area contributed by atoms with Gasteiger partial charge in [0.1, 0.15) is 0 Å². The standard InChI is InChI=1S/C14H30N2O/c1-4-5-6-9-16(3)12-14(11-15-2)8-7-10-17-13-14/h15H,4-13H2,1-3H3. The molecular weight excluding hydrogens is 212 g/mol. The minimum Gasteiger partial charge on any atom is -0.381 e. The largest absolute Gasteiger partial charge is 0.381 e. The SMILES string of the molecule is CCCCCN(C)CC1(CNC)CCCOC1. The van der Waals surface area contributed by atoms with Gasteiger partial charge in [0.15, 0.2) is 0 Å². The summed E-state index contributed by atoms with van der Waals surface area (Å²) in [4.78, 5) is 2.49. The molecule has 0 aromatic rings. The topological polar surface area (TPSA) is 24.5 Å². The van der Waals surface area contributed by atoms with E-state index in [1.54, 1.807) is 0 Å². The van der Waals surface area contributed by atoms with E-state index in [1.807, 2.05) is 7.05 Å². The summed E-state index contributed by atoms with van der Waals surface area (Å²) in [5.41, 5.74) is 0.341. The van der Waals surface area contributed by atoms with Crippen molar-refractivity contribution in [2.24, 2.45) is 5.41 Å². The average Bonchev–Trinajstić information content (AvgIpc) is 2.30. The van der Waals surface area contributed by atoms with Crippen LogP contribution in [0.25, 0.3) is 0 Å². The van der Waals surface area contributed by atoms with Crippen LogP contribution in [0.1, 0.15) is 39.0 Å². The fourth-order valence-corrected chi connectivity index (χ4v) is 2.89. The van der Waals surface area contributed by atoms with Crippen LogP contribution in [-0.4, -0.2) is 51.8 Å². The third-order valence-corrected chi connectivity index (χ3v) is 3.70. The molecule has 1 fully saturated rings. The lowest BCUT2D eigenvalue weighted by Crippen LogP contribution is -2.47. The van der Waals surface area contributed by atoms with Crippen LogP contribution in [0.3, 0.4) is 0 Å². The van der Waals surface area contributed by atoms with Gasteiger partial charge in [0, 0.05) is 25.1 Å². The third kappa shape index (κ3) is 5.36. The summed E-state index contributed by atoms with van der Waals surface area (Å²) in [5, 5.41) is 3.34. The molecule has 1 heterocycles. The van der Waals surface area contributed by atoms with Gasteiger partial charge in [-0.2, -0.15) is 0 Å². The van der Waals surface area contributed by atoms with E-state index in [1.165, 1.54) is 38.6 Å². The maximum atomic E-state index is 5.70. The highest BCUT2D eigenvalue weighted by Crippen LogP contribution is 2.28. The summed E-state index contributed by atoms with van der Waals surface area (Å²) in [6, 6.07) is 0. The molecule has 1 N–H and O–H groups in total. The van der Waals surface area contributed by atoms with Crippen LogP contribution in [0, 0.1) is 5.41 Å². The zero-order valence-corrected chi connectivity index (χ0v) is 11.9. The Morgan fingerprint density at radius 2 is 2.18 bits per heavy atom. The van der Waals surface area contributed by atoms with Crippen molar-refractivity contribution in [2.45, 2.75) is 39.0 Å². The van der Waals surface area contributed by atoms with Crippen LogP contribution >= 0.6 is 0 Å². The minimum absolute atomic E-state index is 0.341. The molecule has 0 bridgehead atoms. The van der Waals surface area contributed by atoms with E-state index >= 15 is 0 Å². The Bertz CT molecular complexity index is 185. The number of hydrogen-bond acceptors (Lipinski definition) is 3. The van der Waals surface area contributed by atoms with Crippen LogP contribution in [-0.2, 0) is 4.74 Å². The van der Waals surface area contributed by atoms with Crippen LogP contribution in [0.4, 0.5) is 0 Å². The second kappa shape index (κ2) is 8.06. The van der Waals surface area contributed by atoms with Crippen molar-refractivity contribution in [3.05, 3.63) is 0 Å². The van der Waals surface area contributed by atoms with E-state index in [-0.39, 0.29) is 0 Å². The molecule has 0 amide bonds. The molecule has 0 aliphatic carbocycles. The first-order valence-corrected chi connectivity index (χ1v) is 7.13. The first-order valence-electron chi connectivity index (χ1n) is 7.13. The molecule has 17 heavy (non-hydrogen) atoms. The van der Waals surface area contributed by atoms with E-state index in [0.29, 0.717) is 5.41 Å². The molecule has 1 unspecified atom stereocenters. The van der Waals surface area contributed by atoms with Gasteiger partial charge in [-0.15, -0.1) is 0 Å². The van der Waals surface area contributed by atoms with Crippen molar-refractivity contribution in [3.63, 3.8) is 0 Å². The van der Waals surface area contributed by atoms with Crippen LogP contribution in [0.2, 0.25) is 0 Å². The third-order valence-electron chi connectivity index (χ3n) is 3.70. The zero-order valence-electron chi connectivity index (χ0n) is 11.9. The first-order chi connectivity index (χ1) is 8.22. The van der Waals surface area contributed by atoms with Gasteiger partial charge in [-0.1, -0.05) is 19.8 Å². The van der Waals surface area contributed by atoms with Gasteiger partial charge >= 0.3 is 0 Å². The van der Waals surface area contributed by atoms with Gasteiger partial charge in [0.2, 0.25) is 0 Å². The molecule has 0 spiro atoms. The maximum Gasteiger partial charge on any atom is 0.0546 e. The molecule has 1 saturated heterocycles. The number of unbranched alkanes of at least 4 members (excludes halogenated alkanes) is 2. The van der Waals surface area contributed by atoms with Gasteiger partial charge in [-0.25, -0.2) is 0 Å². The monoisotopic (exact) mass is 242 g/mol. The number of nitrogens with one attached hydrogen (secondary N) is 1. The van der Waals surface area contributed by atoms with Crippen LogP contribution in [0.15, 0.2) is 0 Å². The highest BCUT2D eigenvalue weighted by atomic mass is 16.5. The van der Waals surface area contributed by atoms with Gasteiger partial charge in [-0.05, 0) is 39.9 Å². The number of rotatable bonds is 8. The van der Waals surface area contributed by atoms with Crippen LogP contribution in [0.5, 0.6) is 0 Å². The lowest BCUT2D eigenvalue weighted by Gasteiger charge is -2.39. The van der Waals surface area contributed by atoms with Crippen molar-refractivity contribution in [2.75, 3.05) is 46.9 Å². The molecule has 1 aliphatic heterocycles. The molecule has 0 radical (unpaired) electrons. The van der Waals surface area contributed by atoms with E-state index < -0.39 is 0 Å². The fourth-order valence-electron chi connectivity index (χ4n) is 2.89. The molecule has 3 heteroatoms. The Morgan fingerprint density at radius 3 is 2.76 bits per heavy atom. The summed E-state index contributed by atoms with van der Waals surface area (Å²) in [5.74, 6) is 0. The molecule has 0 aromatic carbocycles. The number of nitrogens with zero attached hydrogens (tertiary/aromatic N) is 1. The molecule has 0 aromatic heterocycles. The normalized spacial score (nSPS) is 25.4. The first kappa shape index (κ1) is 14.9. The van der Waals surface area contributed by atoms with E-state index in [2.05, 4.69) is 24.2 Å². The minimum atomic E-state index is 0.341. The molecule has 102 valence electrons. The summed E-state index contributed by atoms with van der Waals surface area (Å²) in [7, 11) is 4.30. The Kier molecular flexibility index (Phi) is 7.09. The predicted octanol–water partition coefficient (Wildman–Crippen LogP) is 2.12. The summed E-state index contributed by atoms with van der Waals surface area (Å²) < 4.78 is 5.70. The summed E-state index contributed by atoms with van der Waals surface area (Å²) >= 11 is 0. The van der Waals surface area contributed by atoms with Crippen molar-refractivity contribution < 1.29 is 4.74 Å². The van der Waals surface area contributed by atoms with Gasteiger partial charge < -0.3 is 15.0 Å². The Hall–Kier alpha value is -0.120. The fraction of sp³-hybridized carbons (Fsp3) is 1.00. The van der Waals surface area contributed by atoms with E-state index in [4.69, 9.17) is 4.74 Å². The molecule has 1 atom stereocenters. The predicted molar refractivity (Wildman–Crippen MR) is 73.4 cm³/mol. The highest BCUT2D eigenvalue weighted by molar-refractivity contribution is 4.86. The van der Waals surface area contributed by atoms with Crippen molar-refractivity contribution in [1.82, 2.24) is 10.2 Å². The molecule has 1 rings (SSSR count). The maximum absolute atomic E-state index is 5.70. The van der Waals surface area contributed by atoms with E-state index in [9.17, 15) is 0 Å². The second-order valence-electron chi connectivity index (χ2n) is 5.63. The van der Waals surface area contributed by atoms with Crippen molar-refractivity contribution in [3.8, 4) is 0 Å². The van der Waals surface area contributed by atoms with Gasteiger partial charge in [0.05, 0.1) is 6.61 Å². The van der Waals surface area contributed by atoms with E-state index in [0.717, 1.165) is 26.3 Å². The quantitative estimate of drug-likeness (QED) is 0.660. The van der Waals surface area contributed by atoms with Crippen LogP contribution < -0.4 is 5.32 Å². The van der Waals surface area contributed by atoms with Gasteiger partial charge in [0.25, 0.3) is 0 Å². The highest BCUT2D eigenvalue weighted by Gasteiger charge is 2.33. The molecule has 0 saturated carbocycles. The van der Waals surface area contributed by atoms with Gasteiger partial charge in [-0.3, -0.25) is 0 Å². The molecule has 3 nitrogen and oxygen atoms in total. The summed E-state index contributed by atoms with van der Waals surface area (Å²) in [6.45, 7) is 7.59. The summed E-state index contributed by atoms with van der Waals surface area (Å²) in [6.07, 6.45) is 6.48. The number of hydrogen-bond donors (Lipinski definition) is 1. The molecular formula is C14H30N2O. The molecule has 1 aliphatic rings. The Labute approximate surface area is 107 Å². The van der Waals surface area contributed by atoms with Crippen molar-refractivity contribution >= 4 is 0 Å². The van der Waals surface area contributed by atoms with Crippen molar-refractivity contribution in [1.29, 1.82) is 0 Å². The average molecular weight is 242 g/mol. The smallest absolute Gasteiger partial charge is 0.0546 e. The lowest BCUT2D eigenvalue weighted by atomic mass is 9.82.